The second kappa shape index (κ2) is 10.6. The van der Waals surface area contributed by atoms with Crippen LogP contribution in [0, 0.1) is 5.92 Å². The minimum absolute atomic E-state index is 0.0153. The normalized spacial score (nSPS) is 13.0. The van der Waals surface area contributed by atoms with Gasteiger partial charge in [0.25, 0.3) is 0 Å². The van der Waals surface area contributed by atoms with Crippen molar-refractivity contribution in [3.05, 3.63) is 59.7 Å². The molecule has 2 aromatic rings. The Kier molecular flexibility index (Phi) is 8.14. The molecule has 0 aromatic heterocycles. The van der Waals surface area contributed by atoms with Crippen molar-refractivity contribution in [1.82, 2.24) is 0 Å². The SMILES string of the molecule is COc1cc(C[C@H](CC(=O)[O-])C[C@@H](C)OCc2ccccc2)cc(OC)c1. The van der Waals surface area contributed by atoms with E-state index in [0.29, 0.717) is 30.9 Å². The molecule has 5 heteroatoms. The van der Waals surface area contributed by atoms with E-state index in [1.165, 1.54) is 0 Å². The first kappa shape index (κ1) is 20.8. The molecule has 0 bridgehead atoms. The standard InChI is InChI=1S/C22H28O5/c1-16(27-15-17-7-5-4-6-8-17)9-18(13-22(23)24)10-19-11-20(25-2)14-21(12-19)26-3/h4-8,11-12,14,16,18H,9-10,13,15H2,1-3H3,(H,23,24)/p-1/t16-,18-/m1/s1. The van der Waals surface area contributed by atoms with Crippen LogP contribution >= 0.6 is 0 Å². The van der Waals surface area contributed by atoms with Gasteiger partial charge in [-0.2, -0.15) is 0 Å². The van der Waals surface area contributed by atoms with Crippen molar-refractivity contribution in [2.45, 2.75) is 38.9 Å². The maximum absolute atomic E-state index is 11.2. The van der Waals surface area contributed by atoms with Crippen molar-refractivity contribution in [3.8, 4) is 11.5 Å². The number of rotatable bonds is 11. The Labute approximate surface area is 160 Å². The molecule has 0 radical (unpaired) electrons. The first-order valence-electron chi connectivity index (χ1n) is 9.07. The van der Waals surface area contributed by atoms with Crippen LogP contribution in [0.1, 0.15) is 30.9 Å². The lowest BCUT2D eigenvalue weighted by molar-refractivity contribution is -0.306. The number of ether oxygens (including phenoxy) is 3. The average molecular weight is 371 g/mol. The third-order valence-electron chi connectivity index (χ3n) is 4.43. The number of carboxylic acids is 1. The highest BCUT2D eigenvalue weighted by Gasteiger charge is 2.16. The fourth-order valence-electron chi connectivity index (χ4n) is 3.14. The van der Waals surface area contributed by atoms with Crippen LogP contribution in [0.5, 0.6) is 11.5 Å². The van der Waals surface area contributed by atoms with Gasteiger partial charge in [0.1, 0.15) is 11.5 Å². The van der Waals surface area contributed by atoms with Gasteiger partial charge in [0.2, 0.25) is 0 Å². The van der Waals surface area contributed by atoms with Crippen LogP contribution in [-0.2, 0) is 22.6 Å². The van der Waals surface area contributed by atoms with Gasteiger partial charge >= 0.3 is 0 Å². The number of carbonyl (C=O) groups excluding carboxylic acids is 1. The molecule has 0 spiro atoms. The second-order valence-corrected chi connectivity index (χ2v) is 6.71. The maximum Gasteiger partial charge on any atom is 0.122 e. The molecule has 2 atom stereocenters. The fraction of sp³-hybridized carbons (Fsp3) is 0.409. The van der Waals surface area contributed by atoms with E-state index in [1.807, 2.05) is 49.4 Å². The van der Waals surface area contributed by atoms with E-state index in [-0.39, 0.29) is 18.4 Å². The molecule has 0 unspecified atom stereocenters. The van der Waals surface area contributed by atoms with Crippen molar-refractivity contribution in [3.63, 3.8) is 0 Å². The number of methoxy groups -OCH3 is 2. The molecule has 27 heavy (non-hydrogen) atoms. The summed E-state index contributed by atoms with van der Waals surface area (Å²) in [6, 6.07) is 15.5. The number of aliphatic carboxylic acids is 1. The molecule has 0 saturated carbocycles. The van der Waals surface area contributed by atoms with E-state index >= 15 is 0 Å². The van der Waals surface area contributed by atoms with Crippen molar-refractivity contribution in [1.29, 1.82) is 0 Å². The zero-order valence-corrected chi connectivity index (χ0v) is 16.1. The Morgan fingerprint density at radius 2 is 1.63 bits per heavy atom. The van der Waals surface area contributed by atoms with Gasteiger partial charge in [-0.15, -0.1) is 0 Å². The summed E-state index contributed by atoms with van der Waals surface area (Å²) in [6.07, 6.45) is 1.13. The zero-order valence-electron chi connectivity index (χ0n) is 16.1. The molecule has 0 saturated heterocycles. The predicted octanol–water partition coefficient (Wildman–Crippen LogP) is 3.00. The highest BCUT2D eigenvalue weighted by Crippen LogP contribution is 2.27. The van der Waals surface area contributed by atoms with Crippen LogP contribution in [0.2, 0.25) is 0 Å². The molecule has 146 valence electrons. The van der Waals surface area contributed by atoms with Crippen LogP contribution in [0.3, 0.4) is 0 Å². The van der Waals surface area contributed by atoms with Crippen molar-refractivity contribution < 1.29 is 24.1 Å². The van der Waals surface area contributed by atoms with E-state index < -0.39 is 5.97 Å². The van der Waals surface area contributed by atoms with Crippen molar-refractivity contribution in [2.24, 2.45) is 5.92 Å². The smallest absolute Gasteiger partial charge is 0.122 e. The Hall–Kier alpha value is -2.53. The lowest BCUT2D eigenvalue weighted by Gasteiger charge is -2.22. The molecule has 0 amide bonds. The van der Waals surface area contributed by atoms with E-state index in [4.69, 9.17) is 14.2 Å². The predicted molar refractivity (Wildman–Crippen MR) is 102 cm³/mol. The van der Waals surface area contributed by atoms with Gasteiger partial charge in [0, 0.05) is 12.0 Å². The van der Waals surface area contributed by atoms with Gasteiger partial charge in [0.15, 0.2) is 0 Å². The number of hydrogen-bond donors (Lipinski definition) is 0. The quantitative estimate of drug-likeness (QED) is 0.607. The molecule has 0 aliphatic heterocycles. The molecule has 0 fully saturated rings. The van der Waals surface area contributed by atoms with Gasteiger partial charge in [-0.1, -0.05) is 30.3 Å². The monoisotopic (exact) mass is 371 g/mol. The lowest BCUT2D eigenvalue weighted by Crippen LogP contribution is -2.28. The van der Waals surface area contributed by atoms with Gasteiger partial charge in [-0.25, -0.2) is 0 Å². The van der Waals surface area contributed by atoms with Crippen LogP contribution in [-0.4, -0.2) is 26.3 Å². The van der Waals surface area contributed by atoms with Crippen molar-refractivity contribution >= 4 is 5.97 Å². The van der Waals surface area contributed by atoms with Crippen molar-refractivity contribution in [2.75, 3.05) is 14.2 Å². The molecule has 0 heterocycles. The summed E-state index contributed by atoms with van der Waals surface area (Å²) in [7, 11) is 3.19. The molecule has 5 nitrogen and oxygen atoms in total. The Bertz CT molecular complexity index is 692. The van der Waals surface area contributed by atoms with E-state index in [2.05, 4.69) is 0 Å². The zero-order chi connectivity index (χ0) is 19.6. The third kappa shape index (κ3) is 7.31. The first-order chi connectivity index (χ1) is 13.0. The Morgan fingerprint density at radius 3 is 2.19 bits per heavy atom. The fourth-order valence-corrected chi connectivity index (χ4v) is 3.14. The lowest BCUT2D eigenvalue weighted by atomic mass is 9.91. The molecule has 2 rings (SSSR count). The molecule has 2 aromatic carbocycles. The van der Waals surface area contributed by atoms with Gasteiger partial charge in [-0.05, 0) is 55.4 Å². The molecule has 0 N–H and O–H groups in total. The summed E-state index contributed by atoms with van der Waals surface area (Å²) >= 11 is 0. The topological polar surface area (TPSA) is 67.8 Å². The number of carboxylic acid groups (broad SMARTS) is 1. The number of hydrogen-bond acceptors (Lipinski definition) is 5. The van der Waals surface area contributed by atoms with Gasteiger partial charge in [-0.3, -0.25) is 0 Å². The second-order valence-electron chi connectivity index (χ2n) is 6.71. The molecular formula is C22H27O5-. The van der Waals surface area contributed by atoms with E-state index in [9.17, 15) is 9.90 Å². The van der Waals surface area contributed by atoms with Crippen LogP contribution in [0.15, 0.2) is 48.5 Å². The molecule has 0 aliphatic carbocycles. The van der Waals surface area contributed by atoms with Crippen LogP contribution < -0.4 is 14.6 Å². The highest BCUT2D eigenvalue weighted by molar-refractivity contribution is 5.64. The summed E-state index contributed by atoms with van der Waals surface area (Å²) < 4.78 is 16.5. The van der Waals surface area contributed by atoms with Gasteiger partial charge in [0.05, 0.1) is 26.9 Å². The minimum atomic E-state index is -1.05. The number of benzene rings is 2. The summed E-state index contributed by atoms with van der Waals surface area (Å²) in [4.78, 5) is 11.2. The summed E-state index contributed by atoms with van der Waals surface area (Å²) in [6.45, 7) is 2.48. The van der Waals surface area contributed by atoms with E-state index in [0.717, 1.165) is 11.1 Å². The van der Waals surface area contributed by atoms with Crippen LogP contribution in [0.25, 0.3) is 0 Å². The summed E-state index contributed by atoms with van der Waals surface area (Å²) in [5.41, 5.74) is 2.06. The number of carbonyl (C=O) groups is 1. The van der Waals surface area contributed by atoms with Crippen LogP contribution in [0.4, 0.5) is 0 Å². The Morgan fingerprint density at radius 1 is 1.00 bits per heavy atom. The highest BCUT2D eigenvalue weighted by atomic mass is 16.5. The Balaban J connectivity index is 2.00. The minimum Gasteiger partial charge on any atom is -0.550 e. The average Bonchev–Trinajstić information content (AvgIpc) is 2.66. The molecule has 0 aliphatic rings. The molecular weight excluding hydrogens is 344 g/mol. The maximum atomic E-state index is 11.2. The van der Waals surface area contributed by atoms with E-state index in [1.54, 1.807) is 20.3 Å². The summed E-state index contributed by atoms with van der Waals surface area (Å²) in [5, 5.41) is 11.2. The first-order valence-corrected chi connectivity index (χ1v) is 9.07. The van der Waals surface area contributed by atoms with Gasteiger partial charge < -0.3 is 24.1 Å². The largest absolute Gasteiger partial charge is 0.550 e. The third-order valence-corrected chi connectivity index (χ3v) is 4.43. The summed E-state index contributed by atoms with van der Waals surface area (Å²) in [5.74, 6) is 0.220.